The fourth-order valence-electron chi connectivity index (χ4n) is 3.36. The van der Waals surface area contributed by atoms with Crippen LogP contribution < -0.4 is 4.90 Å². The Balaban J connectivity index is 1.38. The van der Waals surface area contributed by atoms with Gasteiger partial charge in [0.25, 0.3) is 0 Å². The highest BCUT2D eigenvalue weighted by Crippen LogP contribution is 2.27. The van der Waals surface area contributed by atoms with E-state index in [1.165, 1.54) is 4.63 Å². The molecule has 1 amide bonds. The van der Waals surface area contributed by atoms with Gasteiger partial charge in [0.05, 0.1) is 12.3 Å². The molecule has 0 bridgehead atoms. The van der Waals surface area contributed by atoms with Crippen molar-refractivity contribution in [2.24, 2.45) is 5.92 Å². The first-order valence-corrected chi connectivity index (χ1v) is 8.74. The van der Waals surface area contributed by atoms with Crippen LogP contribution in [0.5, 0.6) is 0 Å². The zero-order valence-corrected chi connectivity index (χ0v) is 14.8. The normalized spacial score (nSPS) is 16.8. The van der Waals surface area contributed by atoms with Crippen molar-refractivity contribution in [2.45, 2.75) is 25.8 Å². The van der Waals surface area contributed by atoms with E-state index in [0.717, 1.165) is 37.5 Å². The van der Waals surface area contributed by atoms with Gasteiger partial charge in [0, 0.05) is 26.1 Å². The highest BCUT2D eigenvalue weighted by molar-refractivity contribution is 5.79. The van der Waals surface area contributed by atoms with Gasteiger partial charge in [-0.2, -0.15) is 0 Å². The molecule has 9 heteroatoms. The van der Waals surface area contributed by atoms with E-state index in [1.54, 1.807) is 11.2 Å². The molecule has 1 aliphatic heterocycles. The Labute approximate surface area is 150 Å². The molecular formula is C17H21N7O2. The van der Waals surface area contributed by atoms with Gasteiger partial charge in [-0.25, -0.2) is 0 Å². The van der Waals surface area contributed by atoms with Crippen LogP contribution in [-0.2, 0) is 4.79 Å². The van der Waals surface area contributed by atoms with E-state index in [9.17, 15) is 4.79 Å². The summed E-state index contributed by atoms with van der Waals surface area (Å²) in [7, 11) is 1.84. The number of amides is 1. The van der Waals surface area contributed by atoms with Gasteiger partial charge < -0.3 is 14.2 Å². The second-order valence-electron chi connectivity index (χ2n) is 6.62. The van der Waals surface area contributed by atoms with Crippen molar-refractivity contribution >= 4 is 17.4 Å². The molecular weight excluding hydrogens is 334 g/mol. The van der Waals surface area contributed by atoms with Crippen molar-refractivity contribution in [3.05, 3.63) is 36.3 Å². The highest BCUT2D eigenvalue weighted by atomic mass is 16.3. The van der Waals surface area contributed by atoms with Crippen LogP contribution in [-0.4, -0.2) is 56.2 Å². The molecule has 1 unspecified atom stereocenters. The predicted molar refractivity (Wildman–Crippen MR) is 93.4 cm³/mol. The lowest BCUT2D eigenvalue weighted by molar-refractivity contribution is -0.137. The number of furan rings is 1. The fraction of sp³-hybridized carbons (Fsp3) is 0.471. The van der Waals surface area contributed by atoms with Crippen molar-refractivity contribution in [3.63, 3.8) is 0 Å². The number of piperidine rings is 1. The molecule has 1 saturated heterocycles. The van der Waals surface area contributed by atoms with E-state index < -0.39 is 0 Å². The van der Waals surface area contributed by atoms with Gasteiger partial charge in [0.15, 0.2) is 11.5 Å². The Bertz CT molecular complexity index is 884. The van der Waals surface area contributed by atoms with E-state index in [0.29, 0.717) is 5.65 Å². The van der Waals surface area contributed by atoms with Gasteiger partial charge in [0.2, 0.25) is 5.91 Å². The lowest BCUT2D eigenvalue weighted by Crippen LogP contribution is -2.42. The van der Waals surface area contributed by atoms with Crippen molar-refractivity contribution in [1.29, 1.82) is 0 Å². The van der Waals surface area contributed by atoms with Crippen LogP contribution >= 0.6 is 0 Å². The summed E-state index contributed by atoms with van der Waals surface area (Å²) >= 11 is 0. The number of carbonyl (C=O) groups excluding carboxylic acids is 1. The Morgan fingerprint density at radius 2 is 2.12 bits per heavy atom. The number of fused-ring (bicyclic) bond motifs is 1. The lowest BCUT2D eigenvalue weighted by atomic mass is 9.94. The third kappa shape index (κ3) is 3.00. The number of aromatic nitrogens is 5. The third-order valence-electron chi connectivity index (χ3n) is 5.11. The van der Waals surface area contributed by atoms with E-state index in [4.69, 9.17) is 4.42 Å². The number of hydrogen-bond acceptors (Lipinski definition) is 7. The maximum atomic E-state index is 12.8. The molecule has 0 N–H and O–H groups in total. The molecule has 1 atom stereocenters. The maximum absolute atomic E-state index is 12.8. The maximum Gasteiger partial charge on any atom is 0.226 e. The molecule has 26 heavy (non-hydrogen) atoms. The van der Waals surface area contributed by atoms with Gasteiger partial charge in [-0.1, -0.05) is 0 Å². The molecule has 0 aliphatic carbocycles. The lowest BCUT2D eigenvalue weighted by Gasteiger charge is -2.34. The number of tetrazole rings is 1. The van der Waals surface area contributed by atoms with E-state index in [1.807, 2.05) is 38.2 Å². The minimum atomic E-state index is -0.0700. The molecule has 136 valence electrons. The largest absolute Gasteiger partial charge is 0.467 e. The standard InChI is InChI=1S/C17H21N7O2/c1-12(14-4-3-11-26-14)22(2)17(25)13-7-9-23(10-8-13)16-6-5-15-18-20-21-24(15)19-16/h3-6,11-13H,7-10H2,1-2H3. The summed E-state index contributed by atoms with van der Waals surface area (Å²) in [6.07, 6.45) is 3.23. The summed E-state index contributed by atoms with van der Waals surface area (Å²) in [5, 5.41) is 15.7. The Kier molecular flexibility index (Phi) is 4.27. The first-order chi connectivity index (χ1) is 12.6. The monoisotopic (exact) mass is 355 g/mol. The quantitative estimate of drug-likeness (QED) is 0.701. The molecule has 0 spiro atoms. The average molecular weight is 355 g/mol. The Morgan fingerprint density at radius 3 is 2.85 bits per heavy atom. The second kappa shape index (κ2) is 6.74. The van der Waals surface area contributed by atoms with Crippen molar-refractivity contribution in [2.75, 3.05) is 25.0 Å². The van der Waals surface area contributed by atoms with Crippen molar-refractivity contribution in [1.82, 2.24) is 30.2 Å². The molecule has 0 aromatic carbocycles. The highest BCUT2D eigenvalue weighted by Gasteiger charge is 2.30. The molecule has 4 rings (SSSR count). The molecule has 9 nitrogen and oxygen atoms in total. The third-order valence-corrected chi connectivity index (χ3v) is 5.11. The van der Waals surface area contributed by atoms with Crippen LogP contribution in [0.4, 0.5) is 5.82 Å². The minimum absolute atomic E-state index is 0.0189. The number of anilines is 1. The van der Waals surface area contributed by atoms with E-state index in [-0.39, 0.29) is 17.9 Å². The summed E-state index contributed by atoms with van der Waals surface area (Å²) in [4.78, 5) is 16.8. The summed E-state index contributed by atoms with van der Waals surface area (Å²) < 4.78 is 6.85. The molecule has 0 saturated carbocycles. The average Bonchev–Trinajstić information content (AvgIpc) is 3.37. The summed E-state index contributed by atoms with van der Waals surface area (Å²) in [6.45, 7) is 3.54. The number of nitrogens with zero attached hydrogens (tertiary/aromatic N) is 7. The van der Waals surface area contributed by atoms with Gasteiger partial charge in [0.1, 0.15) is 5.76 Å². The topological polar surface area (TPSA) is 92.7 Å². The zero-order chi connectivity index (χ0) is 18.1. The number of hydrogen-bond donors (Lipinski definition) is 0. The predicted octanol–water partition coefficient (Wildman–Crippen LogP) is 1.55. The Hall–Kier alpha value is -2.97. The molecule has 4 heterocycles. The zero-order valence-electron chi connectivity index (χ0n) is 14.8. The van der Waals surface area contributed by atoms with E-state index >= 15 is 0 Å². The van der Waals surface area contributed by atoms with Gasteiger partial charge in [-0.3, -0.25) is 4.79 Å². The summed E-state index contributed by atoms with van der Waals surface area (Å²) in [5.41, 5.74) is 0.618. The number of carbonyl (C=O) groups is 1. The first kappa shape index (κ1) is 16.5. The molecule has 0 radical (unpaired) electrons. The minimum Gasteiger partial charge on any atom is -0.467 e. The van der Waals surface area contributed by atoms with Gasteiger partial charge in [-0.15, -0.1) is 14.8 Å². The first-order valence-electron chi connectivity index (χ1n) is 8.74. The van der Waals surface area contributed by atoms with Gasteiger partial charge >= 0.3 is 0 Å². The van der Waals surface area contributed by atoms with Crippen LogP contribution in [0.15, 0.2) is 34.9 Å². The smallest absolute Gasteiger partial charge is 0.226 e. The molecule has 3 aromatic heterocycles. The number of rotatable bonds is 4. The molecule has 3 aromatic rings. The summed E-state index contributed by atoms with van der Waals surface area (Å²) in [6, 6.07) is 7.44. The molecule has 1 fully saturated rings. The van der Waals surface area contributed by atoms with Crippen LogP contribution in [0.1, 0.15) is 31.6 Å². The van der Waals surface area contributed by atoms with Crippen LogP contribution in [0.25, 0.3) is 5.65 Å². The van der Waals surface area contributed by atoms with E-state index in [2.05, 4.69) is 25.5 Å². The van der Waals surface area contributed by atoms with Gasteiger partial charge in [-0.05, 0) is 54.5 Å². The van der Waals surface area contributed by atoms with Crippen LogP contribution in [0, 0.1) is 5.92 Å². The van der Waals surface area contributed by atoms with Crippen LogP contribution in [0.3, 0.4) is 0 Å². The SMILES string of the molecule is CC(c1ccco1)N(C)C(=O)C1CCN(c2ccc3nnnn3n2)CC1. The summed E-state index contributed by atoms with van der Waals surface area (Å²) in [5.74, 6) is 1.81. The molecule has 1 aliphatic rings. The second-order valence-corrected chi connectivity index (χ2v) is 6.62. The van der Waals surface area contributed by atoms with Crippen molar-refractivity contribution in [3.8, 4) is 0 Å². The van der Waals surface area contributed by atoms with Crippen LogP contribution in [0.2, 0.25) is 0 Å². The fourth-order valence-corrected chi connectivity index (χ4v) is 3.36. The Morgan fingerprint density at radius 1 is 1.31 bits per heavy atom. The van der Waals surface area contributed by atoms with Crippen molar-refractivity contribution < 1.29 is 9.21 Å².